The summed E-state index contributed by atoms with van der Waals surface area (Å²) in [5, 5.41) is 18.3. The van der Waals surface area contributed by atoms with E-state index >= 15 is 0 Å². The topological polar surface area (TPSA) is 98.5 Å². The second-order valence-corrected chi connectivity index (χ2v) is 10.2. The van der Waals surface area contributed by atoms with Gasteiger partial charge in [0.1, 0.15) is 0 Å². The minimum Gasteiger partial charge on any atom is -0.453 e. The van der Waals surface area contributed by atoms with Gasteiger partial charge in [-0.1, -0.05) is 27.2 Å². The van der Waals surface area contributed by atoms with Gasteiger partial charge in [-0.15, -0.1) is 0 Å². The molecule has 2 aromatic heterocycles. The van der Waals surface area contributed by atoms with Gasteiger partial charge in [0.05, 0.1) is 11.0 Å². The Morgan fingerprint density at radius 1 is 1.21 bits per heavy atom. The highest BCUT2D eigenvalue weighted by Crippen LogP contribution is 2.39. The van der Waals surface area contributed by atoms with Crippen molar-refractivity contribution in [1.29, 1.82) is 0 Å². The van der Waals surface area contributed by atoms with E-state index in [2.05, 4.69) is 22.3 Å². The van der Waals surface area contributed by atoms with Crippen molar-refractivity contribution in [3.05, 3.63) is 30.2 Å². The highest BCUT2D eigenvalue weighted by Gasteiger charge is 2.24. The van der Waals surface area contributed by atoms with Crippen LogP contribution in [0.3, 0.4) is 0 Å². The van der Waals surface area contributed by atoms with Crippen molar-refractivity contribution >= 4 is 22.8 Å². The standard InChI is InChI=1S/C25H31FN4O4/c1-6-24(2,3)12-20(31)28-22-17-9-16(15-10-18(26)21-19(11-15)33-14-34-21)13-27-23(17)30(29-22)8-7-25(4,5)32/h9-11,13,32H,6-8,12,14H2,1-5H3,(H,28,29,31). The summed E-state index contributed by atoms with van der Waals surface area (Å²) < 4.78 is 26.7. The summed E-state index contributed by atoms with van der Waals surface area (Å²) in [7, 11) is 0. The lowest BCUT2D eigenvalue weighted by Crippen LogP contribution is -2.22. The van der Waals surface area contributed by atoms with Crippen LogP contribution in [0, 0.1) is 11.2 Å². The molecule has 0 bridgehead atoms. The van der Waals surface area contributed by atoms with Gasteiger partial charge < -0.3 is 19.9 Å². The zero-order chi connectivity index (χ0) is 24.7. The molecule has 8 nitrogen and oxygen atoms in total. The molecule has 1 amide bonds. The number of aromatic nitrogens is 3. The second kappa shape index (κ2) is 8.87. The predicted octanol–water partition coefficient (Wildman–Crippen LogP) is 4.89. The maximum Gasteiger partial charge on any atom is 0.231 e. The van der Waals surface area contributed by atoms with Crippen molar-refractivity contribution in [2.45, 2.75) is 66.0 Å². The summed E-state index contributed by atoms with van der Waals surface area (Å²) in [6.07, 6.45) is 3.30. The second-order valence-electron chi connectivity index (χ2n) is 10.2. The number of anilines is 1. The number of benzene rings is 1. The van der Waals surface area contributed by atoms with E-state index in [1.807, 2.05) is 19.9 Å². The number of aliphatic hydroxyl groups is 1. The fraction of sp³-hybridized carbons (Fsp3) is 0.480. The molecule has 3 aromatic rings. The summed E-state index contributed by atoms with van der Waals surface area (Å²) in [5.74, 6) is 0.176. The number of halogens is 1. The maximum atomic E-state index is 14.5. The number of fused-ring (bicyclic) bond motifs is 2. The Hall–Kier alpha value is -3.20. The van der Waals surface area contributed by atoms with Crippen LogP contribution in [-0.4, -0.2) is 38.2 Å². The van der Waals surface area contributed by atoms with E-state index in [4.69, 9.17) is 9.47 Å². The third kappa shape index (κ3) is 5.14. The van der Waals surface area contributed by atoms with Crippen LogP contribution >= 0.6 is 0 Å². The molecule has 1 aromatic carbocycles. The summed E-state index contributed by atoms with van der Waals surface area (Å²) in [6, 6.07) is 4.90. The van der Waals surface area contributed by atoms with Crippen LogP contribution in [-0.2, 0) is 11.3 Å². The molecule has 0 saturated carbocycles. The van der Waals surface area contributed by atoms with Crippen LogP contribution in [0.2, 0.25) is 0 Å². The van der Waals surface area contributed by atoms with Gasteiger partial charge in [-0.3, -0.25) is 4.79 Å². The molecular weight excluding hydrogens is 439 g/mol. The molecule has 0 unspecified atom stereocenters. The van der Waals surface area contributed by atoms with Crippen molar-refractivity contribution in [3.63, 3.8) is 0 Å². The summed E-state index contributed by atoms with van der Waals surface area (Å²) in [5.41, 5.74) is 0.772. The van der Waals surface area contributed by atoms with Gasteiger partial charge in [0.2, 0.25) is 18.4 Å². The number of hydrogen-bond acceptors (Lipinski definition) is 6. The fourth-order valence-corrected chi connectivity index (χ4v) is 3.71. The number of aryl methyl sites for hydroxylation is 1. The highest BCUT2D eigenvalue weighted by atomic mass is 19.1. The number of nitrogens with one attached hydrogen (secondary N) is 1. The first-order chi connectivity index (χ1) is 16.0. The predicted molar refractivity (Wildman–Crippen MR) is 127 cm³/mol. The van der Waals surface area contributed by atoms with Crippen molar-refractivity contribution in [1.82, 2.24) is 14.8 Å². The van der Waals surface area contributed by atoms with Crippen molar-refractivity contribution < 1.29 is 23.8 Å². The van der Waals surface area contributed by atoms with E-state index in [-0.39, 0.29) is 23.9 Å². The Morgan fingerprint density at radius 2 is 1.97 bits per heavy atom. The number of rotatable bonds is 8. The molecule has 2 N–H and O–H groups in total. The molecule has 3 heterocycles. The first-order valence-electron chi connectivity index (χ1n) is 11.4. The monoisotopic (exact) mass is 470 g/mol. The molecule has 0 atom stereocenters. The Kier molecular flexibility index (Phi) is 6.24. The summed E-state index contributed by atoms with van der Waals surface area (Å²) in [6.45, 7) is 9.99. The quantitative estimate of drug-likeness (QED) is 0.486. The molecule has 1 aliphatic heterocycles. The molecule has 182 valence electrons. The van der Waals surface area contributed by atoms with Gasteiger partial charge in [0.15, 0.2) is 23.0 Å². The van der Waals surface area contributed by atoms with Crippen LogP contribution in [0.4, 0.5) is 10.2 Å². The van der Waals surface area contributed by atoms with Crippen LogP contribution in [0.15, 0.2) is 24.4 Å². The van der Waals surface area contributed by atoms with E-state index in [0.717, 1.165) is 6.42 Å². The Bertz CT molecular complexity index is 1230. The Balaban J connectivity index is 1.73. The smallest absolute Gasteiger partial charge is 0.231 e. The zero-order valence-electron chi connectivity index (χ0n) is 20.2. The van der Waals surface area contributed by atoms with Gasteiger partial charge in [-0.05, 0) is 49.4 Å². The summed E-state index contributed by atoms with van der Waals surface area (Å²) >= 11 is 0. The SMILES string of the molecule is CCC(C)(C)CC(=O)Nc1nn(CCC(C)(C)O)c2ncc(-c3cc(F)c4c(c3)OCO4)cc12. The molecule has 4 rings (SSSR count). The third-order valence-corrected chi connectivity index (χ3v) is 6.14. The number of carbonyl (C=O) groups is 1. The minimum atomic E-state index is -0.878. The molecule has 0 spiro atoms. The molecule has 9 heteroatoms. The van der Waals surface area contributed by atoms with E-state index in [1.54, 1.807) is 30.8 Å². The maximum absolute atomic E-state index is 14.5. The average molecular weight is 471 g/mol. The highest BCUT2D eigenvalue weighted by molar-refractivity contribution is 6.00. The normalized spacial score (nSPS) is 13.5. The van der Waals surface area contributed by atoms with Gasteiger partial charge in [0.25, 0.3) is 0 Å². The molecule has 0 radical (unpaired) electrons. The summed E-state index contributed by atoms with van der Waals surface area (Å²) in [4.78, 5) is 17.4. The van der Waals surface area contributed by atoms with E-state index < -0.39 is 11.4 Å². The van der Waals surface area contributed by atoms with Crippen molar-refractivity contribution in [3.8, 4) is 22.6 Å². The lowest BCUT2D eigenvalue weighted by atomic mass is 9.86. The van der Waals surface area contributed by atoms with Gasteiger partial charge >= 0.3 is 0 Å². The van der Waals surface area contributed by atoms with Crippen molar-refractivity contribution in [2.75, 3.05) is 12.1 Å². The Morgan fingerprint density at radius 3 is 2.68 bits per heavy atom. The van der Waals surface area contributed by atoms with Gasteiger partial charge in [-0.2, -0.15) is 5.10 Å². The number of hydrogen-bond donors (Lipinski definition) is 2. The molecule has 1 aliphatic rings. The molecule has 34 heavy (non-hydrogen) atoms. The lowest BCUT2D eigenvalue weighted by Gasteiger charge is -2.21. The van der Waals surface area contributed by atoms with Crippen LogP contribution < -0.4 is 14.8 Å². The lowest BCUT2D eigenvalue weighted by molar-refractivity contribution is -0.118. The number of carbonyl (C=O) groups excluding carboxylic acids is 1. The molecular formula is C25H31FN4O4. The number of nitrogens with zero attached hydrogens (tertiary/aromatic N) is 3. The van der Waals surface area contributed by atoms with Crippen LogP contribution in [0.5, 0.6) is 11.5 Å². The number of amides is 1. The Labute approximate surface area is 198 Å². The first-order valence-corrected chi connectivity index (χ1v) is 11.4. The van der Waals surface area contributed by atoms with Crippen LogP contribution in [0.25, 0.3) is 22.2 Å². The molecule has 0 fully saturated rings. The molecule has 0 saturated heterocycles. The minimum absolute atomic E-state index is 0.0226. The zero-order valence-corrected chi connectivity index (χ0v) is 20.2. The first kappa shape index (κ1) is 23.9. The fourth-order valence-electron chi connectivity index (χ4n) is 3.71. The number of pyridine rings is 1. The number of ether oxygens (including phenoxy) is 2. The average Bonchev–Trinajstić information content (AvgIpc) is 3.36. The van der Waals surface area contributed by atoms with Gasteiger partial charge in [-0.25, -0.2) is 14.1 Å². The van der Waals surface area contributed by atoms with Crippen LogP contribution in [0.1, 0.15) is 53.9 Å². The van der Waals surface area contributed by atoms with E-state index in [1.165, 1.54) is 6.07 Å². The van der Waals surface area contributed by atoms with Gasteiger partial charge in [0, 0.05) is 24.7 Å². The van der Waals surface area contributed by atoms with E-state index in [0.29, 0.717) is 53.1 Å². The molecule has 0 aliphatic carbocycles. The van der Waals surface area contributed by atoms with Crippen molar-refractivity contribution in [2.24, 2.45) is 5.41 Å². The third-order valence-electron chi connectivity index (χ3n) is 6.14. The van der Waals surface area contributed by atoms with E-state index in [9.17, 15) is 14.3 Å². The largest absolute Gasteiger partial charge is 0.453 e.